The summed E-state index contributed by atoms with van der Waals surface area (Å²) in [7, 11) is 0.769. The van der Waals surface area contributed by atoms with Crippen LogP contribution in [0.2, 0.25) is 0 Å². The lowest BCUT2D eigenvalue weighted by Gasteiger charge is -2.03. The molecule has 0 heterocycles. The zero-order chi connectivity index (χ0) is 10.7. The standard InChI is InChI=1S/C14H15P.FH/c1-11-3-7-13(8-4-11)15-14-9-5-12(2)6-10-14;/h3-10,15H,1-2H3;1H. The van der Waals surface area contributed by atoms with Gasteiger partial charge in [-0.15, -0.1) is 0 Å². The van der Waals surface area contributed by atoms with Crippen LogP contribution in [0, 0.1) is 13.8 Å². The van der Waals surface area contributed by atoms with Crippen LogP contribution in [0.25, 0.3) is 0 Å². The van der Waals surface area contributed by atoms with Gasteiger partial charge in [0, 0.05) is 0 Å². The molecule has 84 valence electrons. The molecule has 0 nitrogen and oxygen atoms in total. The van der Waals surface area contributed by atoms with Crippen LogP contribution in [0.5, 0.6) is 0 Å². The van der Waals surface area contributed by atoms with E-state index in [4.69, 9.17) is 0 Å². The predicted octanol–water partition coefficient (Wildman–Crippen LogP) is 3.09. The summed E-state index contributed by atoms with van der Waals surface area (Å²) in [4.78, 5) is 0. The van der Waals surface area contributed by atoms with Gasteiger partial charge >= 0.3 is 0 Å². The van der Waals surface area contributed by atoms with Gasteiger partial charge in [-0.25, -0.2) is 0 Å². The molecule has 0 amide bonds. The van der Waals surface area contributed by atoms with Crippen LogP contribution in [0.1, 0.15) is 11.1 Å². The first-order chi connectivity index (χ1) is 7.24. The predicted molar refractivity (Wildman–Crippen MR) is 72.4 cm³/mol. The van der Waals surface area contributed by atoms with Gasteiger partial charge in [-0.2, -0.15) is 0 Å². The third-order valence-electron chi connectivity index (χ3n) is 2.39. The Kier molecular flexibility index (Phi) is 4.64. The van der Waals surface area contributed by atoms with E-state index in [0.717, 1.165) is 8.58 Å². The lowest BCUT2D eigenvalue weighted by Crippen LogP contribution is -2.02. The molecule has 0 unspecified atom stereocenters. The minimum atomic E-state index is 0. The summed E-state index contributed by atoms with van der Waals surface area (Å²) in [6.45, 7) is 4.25. The van der Waals surface area contributed by atoms with Gasteiger partial charge in [-0.3, -0.25) is 4.70 Å². The summed E-state index contributed by atoms with van der Waals surface area (Å²) in [5.41, 5.74) is 2.65. The molecule has 0 atom stereocenters. The number of aryl methyl sites for hydroxylation is 2. The second kappa shape index (κ2) is 5.77. The zero-order valence-corrected chi connectivity index (χ0v) is 10.5. The van der Waals surface area contributed by atoms with Gasteiger partial charge in [0.2, 0.25) is 0 Å². The van der Waals surface area contributed by atoms with Crippen molar-refractivity contribution in [2.45, 2.75) is 13.8 Å². The van der Waals surface area contributed by atoms with Gasteiger partial charge in [-0.1, -0.05) is 68.2 Å². The Hall–Kier alpha value is -1.20. The van der Waals surface area contributed by atoms with E-state index in [-0.39, 0.29) is 4.70 Å². The van der Waals surface area contributed by atoms with Gasteiger partial charge in [0.1, 0.15) is 0 Å². The Labute approximate surface area is 97.9 Å². The van der Waals surface area contributed by atoms with Crippen molar-refractivity contribution in [3.63, 3.8) is 0 Å². The van der Waals surface area contributed by atoms with Crippen molar-refractivity contribution in [1.82, 2.24) is 0 Å². The van der Waals surface area contributed by atoms with Crippen molar-refractivity contribution in [2.24, 2.45) is 0 Å². The van der Waals surface area contributed by atoms with Crippen molar-refractivity contribution in [2.75, 3.05) is 0 Å². The van der Waals surface area contributed by atoms with E-state index in [1.807, 2.05) is 0 Å². The molecule has 0 aliphatic heterocycles. The van der Waals surface area contributed by atoms with Crippen molar-refractivity contribution < 1.29 is 4.70 Å². The molecule has 0 aliphatic rings. The molecule has 0 fully saturated rings. The molecule has 0 N–H and O–H groups in total. The Bertz CT molecular complexity index is 388. The fourth-order valence-corrected chi connectivity index (χ4v) is 2.44. The molecule has 2 rings (SSSR count). The molecule has 2 aromatic rings. The summed E-state index contributed by atoms with van der Waals surface area (Å²) in [5, 5.41) is 2.81. The van der Waals surface area contributed by atoms with Crippen LogP contribution >= 0.6 is 8.58 Å². The minimum absolute atomic E-state index is 0. The molecule has 16 heavy (non-hydrogen) atoms. The molecule has 2 aromatic carbocycles. The number of halogens is 1. The first-order valence-corrected chi connectivity index (χ1v) is 6.14. The Balaban J connectivity index is 0.00000128. The lowest BCUT2D eigenvalue weighted by atomic mass is 10.2. The zero-order valence-electron chi connectivity index (χ0n) is 9.53. The molecule has 0 spiro atoms. The Morgan fingerprint density at radius 1 is 0.625 bits per heavy atom. The second-order valence-corrected chi connectivity index (χ2v) is 5.26. The number of benzene rings is 2. The quantitative estimate of drug-likeness (QED) is 0.700. The third-order valence-corrected chi connectivity index (χ3v) is 3.64. The summed E-state index contributed by atoms with van der Waals surface area (Å²) in [5.74, 6) is 0. The Morgan fingerprint density at radius 2 is 0.938 bits per heavy atom. The average molecular weight is 234 g/mol. The van der Waals surface area contributed by atoms with Gasteiger partial charge in [0.25, 0.3) is 0 Å². The van der Waals surface area contributed by atoms with Crippen molar-refractivity contribution in [3.05, 3.63) is 59.7 Å². The van der Waals surface area contributed by atoms with Crippen LogP contribution in [0.15, 0.2) is 48.5 Å². The summed E-state index contributed by atoms with van der Waals surface area (Å²) >= 11 is 0. The van der Waals surface area contributed by atoms with Gasteiger partial charge < -0.3 is 0 Å². The van der Waals surface area contributed by atoms with Gasteiger partial charge in [-0.05, 0) is 24.5 Å². The smallest absolute Gasteiger partial charge is 0.0226 e. The van der Waals surface area contributed by atoms with Crippen LogP contribution in [-0.4, -0.2) is 0 Å². The van der Waals surface area contributed by atoms with E-state index >= 15 is 0 Å². The largest absolute Gasteiger partial charge is 0.269 e. The van der Waals surface area contributed by atoms with E-state index in [9.17, 15) is 0 Å². The van der Waals surface area contributed by atoms with Crippen molar-refractivity contribution in [3.8, 4) is 0 Å². The topological polar surface area (TPSA) is 0 Å². The second-order valence-electron chi connectivity index (χ2n) is 3.86. The minimum Gasteiger partial charge on any atom is -0.269 e. The van der Waals surface area contributed by atoms with E-state index in [0.29, 0.717) is 0 Å². The summed E-state index contributed by atoms with van der Waals surface area (Å²) < 4.78 is 0. The molecular weight excluding hydrogens is 218 g/mol. The summed E-state index contributed by atoms with van der Waals surface area (Å²) in [6.07, 6.45) is 0. The molecule has 0 bridgehead atoms. The van der Waals surface area contributed by atoms with Crippen LogP contribution in [0.4, 0.5) is 4.70 Å². The molecule has 0 radical (unpaired) electrons. The maximum Gasteiger partial charge on any atom is -0.0226 e. The fourth-order valence-electron chi connectivity index (χ4n) is 1.44. The molecule has 2 heteroatoms. The highest BCUT2D eigenvalue weighted by atomic mass is 31.1. The monoisotopic (exact) mass is 234 g/mol. The highest BCUT2D eigenvalue weighted by molar-refractivity contribution is 7.55. The van der Waals surface area contributed by atoms with E-state index in [1.54, 1.807) is 0 Å². The molecule has 0 saturated carbocycles. The fraction of sp³-hybridized carbons (Fsp3) is 0.143. The van der Waals surface area contributed by atoms with E-state index in [2.05, 4.69) is 62.4 Å². The average Bonchev–Trinajstić information content (AvgIpc) is 2.25. The van der Waals surface area contributed by atoms with Gasteiger partial charge in [0.15, 0.2) is 0 Å². The molecule has 0 aromatic heterocycles. The Morgan fingerprint density at radius 3 is 1.25 bits per heavy atom. The number of hydrogen-bond acceptors (Lipinski definition) is 0. The molecular formula is C14H16FP. The van der Waals surface area contributed by atoms with E-state index < -0.39 is 0 Å². The summed E-state index contributed by atoms with van der Waals surface area (Å²) in [6, 6.07) is 17.6. The van der Waals surface area contributed by atoms with Crippen LogP contribution in [-0.2, 0) is 0 Å². The first kappa shape index (κ1) is 12.9. The van der Waals surface area contributed by atoms with Crippen molar-refractivity contribution in [1.29, 1.82) is 0 Å². The van der Waals surface area contributed by atoms with Gasteiger partial charge in [0.05, 0.1) is 0 Å². The number of rotatable bonds is 2. The van der Waals surface area contributed by atoms with Crippen molar-refractivity contribution >= 4 is 19.2 Å². The molecule has 0 aliphatic carbocycles. The first-order valence-electron chi connectivity index (χ1n) is 5.14. The van der Waals surface area contributed by atoms with Crippen LogP contribution < -0.4 is 10.6 Å². The third kappa shape index (κ3) is 3.43. The molecule has 0 saturated heterocycles. The van der Waals surface area contributed by atoms with E-state index in [1.165, 1.54) is 21.7 Å². The maximum atomic E-state index is 2.22. The lowest BCUT2D eigenvalue weighted by molar-refractivity contribution is 1.11. The number of hydrogen-bond donors (Lipinski definition) is 0. The van der Waals surface area contributed by atoms with Crippen LogP contribution in [0.3, 0.4) is 0 Å². The highest BCUT2D eigenvalue weighted by Crippen LogP contribution is 2.11. The highest BCUT2D eigenvalue weighted by Gasteiger charge is 1.95. The normalized spacial score (nSPS) is 9.62. The maximum absolute atomic E-state index is 2.22. The SMILES string of the molecule is Cc1ccc(Pc2ccc(C)cc2)cc1.F.